The van der Waals surface area contributed by atoms with Gasteiger partial charge < -0.3 is 5.32 Å². The highest BCUT2D eigenvalue weighted by molar-refractivity contribution is 9.10. The molecule has 84 valence electrons. The molecule has 0 bridgehead atoms. The minimum Gasteiger partial charge on any atom is -0.379 e. The fraction of sp³-hybridized carbons (Fsp3) is 0.273. The number of benzene rings is 1. The number of aryl methyl sites for hydroxylation is 2. The van der Waals surface area contributed by atoms with Crippen LogP contribution in [-0.2, 0) is 6.54 Å². The van der Waals surface area contributed by atoms with Gasteiger partial charge in [-0.05, 0) is 31.5 Å². The maximum atomic E-state index is 4.64. The van der Waals surface area contributed by atoms with Crippen molar-refractivity contribution in [3.63, 3.8) is 0 Å². The fourth-order valence-electron chi connectivity index (χ4n) is 1.37. The number of aromatic nitrogens is 2. The summed E-state index contributed by atoms with van der Waals surface area (Å²) in [6.45, 7) is 4.55. The van der Waals surface area contributed by atoms with Gasteiger partial charge in [0.1, 0.15) is 11.4 Å². The van der Waals surface area contributed by atoms with Crippen LogP contribution in [0, 0.1) is 13.8 Å². The Bertz CT molecular complexity index is 496. The lowest BCUT2D eigenvalue weighted by atomic mass is 10.2. The second-order valence-electron chi connectivity index (χ2n) is 3.61. The first-order valence-corrected chi connectivity index (χ1v) is 5.74. The van der Waals surface area contributed by atoms with E-state index in [-0.39, 0.29) is 0 Å². The summed E-state index contributed by atoms with van der Waals surface area (Å²) in [4.78, 5) is 0. The maximum Gasteiger partial charge on any atom is 0.127 e. The maximum absolute atomic E-state index is 4.64. The molecule has 0 atom stereocenters. The lowest BCUT2D eigenvalue weighted by Crippen LogP contribution is -2.02. The smallest absolute Gasteiger partial charge is 0.127 e. The largest absolute Gasteiger partial charge is 0.379 e. The van der Waals surface area contributed by atoms with E-state index in [1.54, 1.807) is 0 Å². The summed E-state index contributed by atoms with van der Waals surface area (Å²) in [6.07, 6.45) is 0. The topological polar surface area (TPSA) is 51.0 Å². The molecule has 1 N–H and O–H groups in total. The summed E-state index contributed by atoms with van der Waals surface area (Å²) < 4.78 is 5.69. The molecule has 1 heterocycles. The van der Waals surface area contributed by atoms with Crippen LogP contribution >= 0.6 is 15.9 Å². The molecule has 0 radical (unpaired) electrons. The fourth-order valence-corrected chi connectivity index (χ4v) is 1.73. The SMILES string of the molecule is Cc1ccc(Br)cc1NCc1nonc1C. The predicted molar refractivity (Wildman–Crippen MR) is 65.2 cm³/mol. The molecule has 0 aliphatic rings. The molecule has 2 aromatic rings. The van der Waals surface area contributed by atoms with Crippen LogP contribution in [0.25, 0.3) is 0 Å². The Morgan fingerprint density at radius 1 is 1.31 bits per heavy atom. The van der Waals surface area contributed by atoms with Crippen LogP contribution in [0.4, 0.5) is 5.69 Å². The van der Waals surface area contributed by atoms with Crippen LogP contribution < -0.4 is 5.32 Å². The molecule has 0 saturated carbocycles. The van der Waals surface area contributed by atoms with E-state index in [4.69, 9.17) is 0 Å². The lowest BCUT2D eigenvalue weighted by molar-refractivity contribution is 0.301. The van der Waals surface area contributed by atoms with Crippen molar-refractivity contribution in [3.05, 3.63) is 39.6 Å². The number of nitrogens with one attached hydrogen (secondary N) is 1. The normalized spacial score (nSPS) is 10.4. The molecule has 0 saturated heterocycles. The van der Waals surface area contributed by atoms with E-state index in [1.807, 2.05) is 19.1 Å². The van der Waals surface area contributed by atoms with E-state index in [0.717, 1.165) is 21.5 Å². The van der Waals surface area contributed by atoms with Crippen molar-refractivity contribution in [2.45, 2.75) is 20.4 Å². The average molecular weight is 282 g/mol. The van der Waals surface area contributed by atoms with Crippen LogP contribution in [0.5, 0.6) is 0 Å². The number of halogens is 1. The molecule has 1 aromatic carbocycles. The van der Waals surface area contributed by atoms with Crippen LogP contribution in [-0.4, -0.2) is 10.3 Å². The Balaban J connectivity index is 2.10. The third-order valence-corrected chi connectivity index (χ3v) is 2.89. The average Bonchev–Trinajstić information content (AvgIpc) is 2.66. The standard InChI is InChI=1S/C11H12BrN3O/c1-7-3-4-9(12)5-10(7)13-6-11-8(2)14-16-15-11/h3-5,13H,6H2,1-2H3. The number of rotatable bonds is 3. The van der Waals surface area contributed by atoms with E-state index >= 15 is 0 Å². The summed E-state index contributed by atoms with van der Waals surface area (Å²) >= 11 is 3.44. The van der Waals surface area contributed by atoms with Gasteiger partial charge in [-0.3, -0.25) is 0 Å². The van der Waals surface area contributed by atoms with Crippen LogP contribution in [0.3, 0.4) is 0 Å². The molecule has 2 rings (SSSR count). The van der Waals surface area contributed by atoms with Gasteiger partial charge in [-0.15, -0.1) is 0 Å². The summed E-state index contributed by atoms with van der Waals surface area (Å²) in [6, 6.07) is 6.11. The zero-order chi connectivity index (χ0) is 11.5. The highest BCUT2D eigenvalue weighted by atomic mass is 79.9. The molecule has 1 aromatic heterocycles. The highest BCUT2D eigenvalue weighted by Crippen LogP contribution is 2.21. The van der Waals surface area contributed by atoms with E-state index < -0.39 is 0 Å². The van der Waals surface area contributed by atoms with Crippen molar-refractivity contribution in [2.24, 2.45) is 0 Å². The van der Waals surface area contributed by atoms with E-state index in [0.29, 0.717) is 6.54 Å². The lowest BCUT2D eigenvalue weighted by Gasteiger charge is -2.08. The van der Waals surface area contributed by atoms with Crippen molar-refractivity contribution in [2.75, 3.05) is 5.32 Å². The van der Waals surface area contributed by atoms with Crippen molar-refractivity contribution in [1.82, 2.24) is 10.3 Å². The van der Waals surface area contributed by atoms with Gasteiger partial charge >= 0.3 is 0 Å². The Morgan fingerprint density at radius 2 is 2.12 bits per heavy atom. The monoisotopic (exact) mass is 281 g/mol. The minimum absolute atomic E-state index is 0.618. The molecular weight excluding hydrogens is 270 g/mol. The van der Waals surface area contributed by atoms with Gasteiger partial charge in [0.15, 0.2) is 0 Å². The molecule has 0 fully saturated rings. The zero-order valence-corrected chi connectivity index (χ0v) is 10.7. The van der Waals surface area contributed by atoms with Crippen molar-refractivity contribution < 1.29 is 4.63 Å². The van der Waals surface area contributed by atoms with E-state index in [1.165, 1.54) is 5.56 Å². The zero-order valence-electron chi connectivity index (χ0n) is 9.12. The van der Waals surface area contributed by atoms with Crippen LogP contribution in [0.1, 0.15) is 17.0 Å². The van der Waals surface area contributed by atoms with E-state index in [9.17, 15) is 0 Å². The van der Waals surface area contributed by atoms with Gasteiger partial charge in [0, 0.05) is 10.2 Å². The first-order chi connectivity index (χ1) is 7.66. The quantitative estimate of drug-likeness (QED) is 0.940. The predicted octanol–water partition coefficient (Wildman–Crippen LogP) is 3.06. The molecule has 0 spiro atoms. The van der Waals surface area contributed by atoms with Gasteiger partial charge in [-0.2, -0.15) is 0 Å². The molecule has 0 unspecified atom stereocenters. The molecule has 5 heteroatoms. The van der Waals surface area contributed by atoms with Crippen LogP contribution in [0.2, 0.25) is 0 Å². The van der Waals surface area contributed by atoms with Gasteiger partial charge in [0.05, 0.1) is 6.54 Å². The van der Waals surface area contributed by atoms with Gasteiger partial charge in [0.2, 0.25) is 0 Å². The molecule has 4 nitrogen and oxygen atoms in total. The summed E-state index contributed by atoms with van der Waals surface area (Å²) in [5.41, 5.74) is 3.92. The van der Waals surface area contributed by atoms with Crippen molar-refractivity contribution in [3.8, 4) is 0 Å². The van der Waals surface area contributed by atoms with Gasteiger partial charge in [0.25, 0.3) is 0 Å². The first-order valence-electron chi connectivity index (χ1n) is 4.95. The number of anilines is 1. The number of hydrogen-bond donors (Lipinski definition) is 1. The molecule has 0 amide bonds. The molecule has 16 heavy (non-hydrogen) atoms. The van der Waals surface area contributed by atoms with Crippen LogP contribution in [0.15, 0.2) is 27.3 Å². The van der Waals surface area contributed by atoms with E-state index in [2.05, 4.69) is 49.2 Å². The number of hydrogen-bond acceptors (Lipinski definition) is 4. The number of nitrogens with zero attached hydrogens (tertiary/aromatic N) is 2. The Morgan fingerprint density at radius 3 is 2.81 bits per heavy atom. The third kappa shape index (κ3) is 2.41. The molecule has 0 aliphatic heterocycles. The molecule has 0 aliphatic carbocycles. The summed E-state index contributed by atoms with van der Waals surface area (Å²) in [7, 11) is 0. The second-order valence-corrected chi connectivity index (χ2v) is 4.52. The summed E-state index contributed by atoms with van der Waals surface area (Å²) in [5, 5.41) is 10.9. The minimum atomic E-state index is 0.618. The van der Waals surface area contributed by atoms with Crippen molar-refractivity contribution in [1.29, 1.82) is 0 Å². The van der Waals surface area contributed by atoms with Crippen molar-refractivity contribution >= 4 is 21.6 Å². The summed E-state index contributed by atoms with van der Waals surface area (Å²) in [5.74, 6) is 0. The highest BCUT2D eigenvalue weighted by Gasteiger charge is 2.05. The second kappa shape index (κ2) is 4.65. The first kappa shape index (κ1) is 11.1. The Hall–Kier alpha value is -1.36. The Labute approximate surface area is 102 Å². The van der Waals surface area contributed by atoms with Gasteiger partial charge in [-0.1, -0.05) is 32.3 Å². The van der Waals surface area contributed by atoms with Gasteiger partial charge in [-0.25, -0.2) is 4.63 Å². The third-order valence-electron chi connectivity index (χ3n) is 2.39. The Kier molecular flexibility index (Phi) is 3.24. The molecular formula is C11H12BrN3O.